The maximum atomic E-state index is 13.8. The third kappa shape index (κ3) is 6.45. The zero-order valence-electron chi connectivity index (χ0n) is 22.5. The molecule has 0 aromatic heterocycles. The Kier molecular flexibility index (Phi) is 8.87. The van der Waals surface area contributed by atoms with E-state index in [9.17, 15) is 20.1 Å². The van der Waals surface area contributed by atoms with Gasteiger partial charge < -0.3 is 25.1 Å². The Morgan fingerprint density at radius 2 is 1.51 bits per heavy atom. The fourth-order valence-electron chi connectivity index (χ4n) is 4.48. The van der Waals surface area contributed by atoms with Crippen molar-refractivity contribution < 1.29 is 20.1 Å². The SMILES string of the molecule is C=C(C)N1c2c(O)cccc2C(=O)N(C/C=C(\C)CC/C=C(\C)CCC=C(C)C)c2cc(O)cc(O)c21. The van der Waals surface area contributed by atoms with Gasteiger partial charge in [-0.15, -0.1) is 0 Å². The number of nitrogens with zero attached hydrogens (tertiary/aromatic N) is 2. The third-order valence-corrected chi connectivity index (χ3v) is 6.41. The molecule has 37 heavy (non-hydrogen) atoms. The van der Waals surface area contributed by atoms with Crippen molar-refractivity contribution in [2.24, 2.45) is 0 Å². The number of phenolic OH excluding ortho intramolecular Hbond substituents is 3. The van der Waals surface area contributed by atoms with Gasteiger partial charge in [0.25, 0.3) is 5.91 Å². The van der Waals surface area contributed by atoms with E-state index in [0.29, 0.717) is 11.4 Å². The summed E-state index contributed by atoms with van der Waals surface area (Å²) < 4.78 is 0. The molecule has 196 valence electrons. The van der Waals surface area contributed by atoms with Crippen molar-refractivity contribution in [2.45, 2.75) is 60.3 Å². The smallest absolute Gasteiger partial charge is 0.260 e. The van der Waals surface area contributed by atoms with Crippen LogP contribution in [0.25, 0.3) is 0 Å². The number of carbonyl (C=O) groups excluding carboxylic acids is 1. The van der Waals surface area contributed by atoms with E-state index in [1.54, 1.807) is 24.0 Å². The molecular weight excluding hydrogens is 464 g/mol. The van der Waals surface area contributed by atoms with Crippen molar-refractivity contribution in [2.75, 3.05) is 16.3 Å². The maximum absolute atomic E-state index is 13.8. The van der Waals surface area contributed by atoms with Crippen molar-refractivity contribution in [3.05, 3.63) is 83.1 Å². The van der Waals surface area contributed by atoms with E-state index < -0.39 is 0 Å². The third-order valence-electron chi connectivity index (χ3n) is 6.41. The Bertz CT molecular complexity index is 1280. The number of benzene rings is 2. The number of rotatable bonds is 9. The van der Waals surface area contributed by atoms with E-state index >= 15 is 0 Å². The first kappa shape index (κ1) is 27.7. The van der Waals surface area contributed by atoms with Crippen LogP contribution in [0, 0.1) is 0 Å². The molecule has 3 N–H and O–H groups in total. The molecule has 2 aromatic carbocycles. The average molecular weight is 503 g/mol. The average Bonchev–Trinajstić information content (AvgIpc) is 2.91. The number of phenols is 3. The fraction of sp³-hybridized carbons (Fsp3) is 0.323. The van der Waals surface area contributed by atoms with Crippen LogP contribution in [0.15, 0.2) is 77.6 Å². The molecule has 6 heteroatoms. The minimum atomic E-state index is -0.347. The van der Waals surface area contributed by atoms with E-state index in [2.05, 4.69) is 39.5 Å². The van der Waals surface area contributed by atoms with Crippen molar-refractivity contribution >= 4 is 23.0 Å². The highest BCUT2D eigenvalue weighted by molar-refractivity contribution is 6.16. The van der Waals surface area contributed by atoms with Gasteiger partial charge in [-0.05, 0) is 72.4 Å². The minimum absolute atomic E-state index is 0.104. The molecule has 0 atom stereocenters. The summed E-state index contributed by atoms with van der Waals surface area (Å²) in [5, 5.41) is 31.8. The molecule has 0 aliphatic carbocycles. The number of fused-ring (bicyclic) bond motifs is 2. The molecule has 6 nitrogen and oxygen atoms in total. The highest BCUT2D eigenvalue weighted by atomic mass is 16.3. The molecule has 0 bridgehead atoms. The molecule has 0 radical (unpaired) electrons. The van der Waals surface area contributed by atoms with E-state index in [1.165, 1.54) is 34.2 Å². The summed E-state index contributed by atoms with van der Waals surface area (Å²) in [6.45, 7) is 14.4. The molecule has 0 saturated carbocycles. The molecule has 0 spiro atoms. The lowest BCUT2D eigenvalue weighted by Gasteiger charge is -2.28. The molecule has 0 unspecified atom stereocenters. The predicted molar refractivity (Wildman–Crippen MR) is 152 cm³/mol. The van der Waals surface area contributed by atoms with Crippen molar-refractivity contribution in [1.82, 2.24) is 0 Å². The Labute approximate surface area is 220 Å². The lowest BCUT2D eigenvalue weighted by molar-refractivity contribution is 0.0990. The van der Waals surface area contributed by atoms with Crippen LogP contribution in [-0.4, -0.2) is 27.8 Å². The maximum Gasteiger partial charge on any atom is 0.260 e. The molecule has 0 saturated heterocycles. The molecule has 1 aliphatic rings. The summed E-state index contributed by atoms with van der Waals surface area (Å²) in [7, 11) is 0. The predicted octanol–water partition coefficient (Wildman–Crippen LogP) is 7.85. The molecular formula is C31H38N2O4. The number of para-hydroxylation sites is 1. The highest BCUT2D eigenvalue weighted by Gasteiger charge is 2.35. The lowest BCUT2D eigenvalue weighted by atomic mass is 10.1. The van der Waals surface area contributed by atoms with Crippen LogP contribution in [0.4, 0.5) is 17.1 Å². The fourth-order valence-corrected chi connectivity index (χ4v) is 4.48. The number of aromatic hydroxyl groups is 3. The Morgan fingerprint density at radius 3 is 2.16 bits per heavy atom. The van der Waals surface area contributed by atoms with E-state index in [1.807, 2.05) is 13.0 Å². The summed E-state index contributed by atoms with van der Waals surface area (Å²) in [6, 6.07) is 7.42. The summed E-state index contributed by atoms with van der Waals surface area (Å²) in [4.78, 5) is 16.8. The van der Waals surface area contributed by atoms with Crippen LogP contribution in [0.3, 0.4) is 0 Å². The first-order valence-corrected chi connectivity index (χ1v) is 12.6. The zero-order valence-corrected chi connectivity index (χ0v) is 22.5. The molecule has 1 heterocycles. The van der Waals surface area contributed by atoms with Crippen LogP contribution in [0.5, 0.6) is 17.2 Å². The van der Waals surface area contributed by atoms with Gasteiger partial charge in [-0.2, -0.15) is 0 Å². The first-order valence-electron chi connectivity index (χ1n) is 12.6. The number of hydrogen-bond acceptors (Lipinski definition) is 5. The molecule has 1 amide bonds. The van der Waals surface area contributed by atoms with Crippen LogP contribution < -0.4 is 9.80 Å². The summed E-state index contributed by atoms with van der Waals surface area (Å²) in [6.07, 6.45) is 10.4. The van der Waals surface area contributed by atoms with Gasteiger partial charge in [0.15, 0.2) is 0 Å². The van der Waals surface area contributed by atoms with Crippen LogP contribution in [0.2, 0.25) is 0 Å². The second kappa shape index (κ2) is 11.9. The normalized spacial score (nSPS) is 13.7. The number of allylic oxidation sites excluding steroid dienone is 6. The monoisotopic (exact) mass is 502 g/mol. The largest absolute Gasteiger partial charge is 0.508 e. The lowest BCUT2D eigenvalue weighted by Crippen LogP contribution is -2.30. The second-order valence-corrected chi connectivity index (χ2v) is 9.95. The quantitative estimate of drug-likeness (QED) is 0.304. The Balaban J connectivity index is 1.93. The number of hydrogen-bond donors (Lipinski definition) is 3. The molecule has 0 fully saturated rings. The van der Waals surface area contributed by atoms with Crippen LogP contribution >= 0.6 is 0 Å². The van der Waals surface area contributed by atoms with E-state index in [-0.39, 0.29) is 46.6 Å². The number of carbonyl (C=O) groups is 1. The van der Waals surface area contributed by atoms with Gasteiger partial charge in [-0.3, -0.25) is 4.79 Å². The van der Waals surface area contributed by atoms with Gasteiger partial charge in [0, 0.05) is 24.4 Å². The number of anilines is 3. The first-order chi connectivity index (χ1) is 17.5. The molecule has 1 aliphatic heterocycles. The van der Waals surface area contributed by atoms with Crippen molar-refractivity contribution in [3.63, 3.8) is 0 Å². The van der Waals surface area contributed by atoms with E-state index in [4.69, 9.17) is 0 Å². The van der Waals surface area contributed by atoms with E-state index in [0.717, 1.165) is 31.3 Å². The van der Waals surface area contributed by atoms with Crippen molar-refractivity contribution in [1.29, 1.82) is 0 Å². The summed E-state index contributed by atoms with van der Waals surface area (Å²) >= 11 is 0. The molecule has 3 rings (SSSR count). The van der Waals surface area contributed by atoms with Gasteiger partial charge in [0.1, 0.15) is 28.6 Å². The van der Waals surface area contributed by atoms with Gasteiger partial charge in [-0.25, -0.2) is 0 Å². The Hall–Kier alpha value is -3.93. The standard InChI is InChI=1S/C31H38N2O4/c1-20(2)10-7-11-22(5)12-8-13-23(6)16-17-32-26-18-24(34)19-28(36)30(26)33(21(3)4)29-25(31(32)37)14-9-15-27(29)35/h9-10,12,14-16,18-19,34-36H,3,7-8,11,13,17H2,1-2,4-6H3/b22-12+,23-16+. The number of amides is 1. The van der Waals surface area contributed by atoms with Gasteiger partial charge in [0.2, 0.25) is 0 Å². The Morgan fingerprint density at radius 1 is 0.865 bits per heavy atom. The van der Waals surface area contributed by atoms with Crippen molar-refractivity contribution in [3.8, 4) is 17.2 Å². The minimum Gasteiger partial charge on any atom is -0.508 e. The molecule has 2 aromatic rings. The second-order valence-electron chi connectivity index (χ2n) is 9.95. The zero-order chi connectivity index (χ0) is 27.3. The van der Waals surface area contributed by atoms with Gasteiger partial charge in [0.05, 0.1) is 11.3 Å². The highest BCUT2D eigenvalue weighted by Crippen LogP contribution is 2.51. The van der Waals surface area contributed by atoms with Crippen LogP contribution in [0.1, 0.15) is 70.7 Å². The van der Waals surface area contributed by atoms with Gasteiger partial charge in [-0.1, -0.05) is 47.6 Å². The summed E-state index contributed by atoms with van der Waals surface area (Å²) in [5.41, 5.74) is 5.46. The topological polar surface area (TPSA) is 84.2 Å². The van der Waals surface area contributed by atoms with Crippen LogP contribution in [-0.2, 0) is 0 Å². The van der Waals surface area contributed by atoms with Gasteiger partial charge >= 0.3 is 0 Å². The summed E-state index contributed by atoms with van der Waals surface area (Å²) in [5.74, 6) is -0.839.